The molecule has 0 spiro atoms. The van der Waals surface area contributed by atoms with E-state index in [9.17, 15) is 9.59 Å². The van der Waals surface area contributed by atoms with Crippen LogP contribution < -0.4 is 11.3 Å². The molecule has 30 heavy (non-hydrogen) atoms. The molecule has 5 aromatic rings. The summed E-state index contributed by atoms with van der Waals surface area (Å²) in [6.45, 7) is 0. The number of carboxylic acids is 1. The Bertz CT molecular complexity index is 1480. The first-order chi connectivity index (χ1) is 14.5. The van der Waals surface area contributed by atoms with E-state index < -0.39 is 5.97 Å². The minimum Gasteiger partial charge on any atom is -0.478 e. The first-order valence-electron chi connectivity index (χ1n) is 9.26. The summed E-state index contributed by atoms with van der Waals surface area (Å²) in [5.41, 5.74) is 9.63. The summed E-state index contributed by atoms with van der Waals surface area (Å²) in [7, 11) is 0. The number of benzene rings is 3. The number of nitrogens with two attached hydrogens (primary N) is 1. The molecule has 0 unspecified atom stereocenters. The van der Waals surface area contributed by atoms with Crippen LogP contribution in [0, 0.1) is 0 Å². The number of aromatic carboxylic acids is 1. The summed E-state index contributed by atoms with van der Waals surface area (Å²) >= 11 is 0. The number of rotatable bonds is 3. The molecule has 0 aliphatic rings. The van der Waals surface area contributed by atoms with Crippen molar-refractivity contribution in [3.8, 4) is 16.9 Å². The van der Waals surface area contributed by atoms with Gasteiger partial charge in [-0.3, -0.25) is 9.89 Å². The highest BCUT2D eigenvalue weighted by Gasteiger charge is 2.18. The highest BCUT2D eigenvalue weighted by Crippen LogP contribution is 2.30. The number of anilines is 1. The zero-order valence-electron chi connectivity index (χ0n) is 15.7. The topological polar surface area (TPSA) is 114 Å². The highest BCUT2D eigenvalue weighted by molar-refractivity contribution is 6.08. The van der Waals surface area contributed by atoms with E-state index in [0.29, 0.717) is 28.0 Å². The minimum atomic E-state index is -1.02. The first-order valence-corrected chi connectivity index (χ1v) is 9.26. The van der Waals surface area contributed by atoms with Crippen molar-refractivity contribution in [1.29, 1.82) is 0 Å². The van der Waals surface area contributed by atoms with E-state index >= 15 is 0 Å². The van der Waals surface area contributed by atoms with Gasteiger partial charge in [0.05, 0.1) is 33.4 Å². The highest BCUT2D eigenvalue weighted by atomic mass is 16.4. The lowest BCUT2D eigenvalue weighted by molar-refractivity contribution is 0.0697. The fraction of sp³-hybridized carbons (Fsp3) is 0. The summed E-state index contributed by atoms with van der Waals surface area (Å²) in [5.74, 6) is -1.02. The van der Waals surface area contributed by atoms with Crippen LogP contribution in [0.1, 0.15) is 10.4 Å². The lowest BCUT2D eigenvalue weighted by atomic mass is 10.0. The second kappa shape index (κ2) is 6.59. The Morgan fingerprint density at radius 3 is 2.37 bits per heavy atom. The quantitative estimate of drug-likeness (QED) is 0.401. The van der Waals surface area contributed by atoms with Gasteiger partial charge in [0.1, 0.15) is 0 Å². The Labute approximate surface area is 170 Å². The number of hydrogen-bond acceptors (Lipinski definition) is 4. The normalized spacial score (nSPS) is 11.2. The van der Waals surface area contributed by atoms with E-state index in [1.165, 1.54) is 16.8 Å². The lowest BCUT2D eigenvalue weighted by Crippen LogP contribution is -2.15. The van der Waals surface area contributed by atoms with Gasteiger partial charge in [0, 0.05) is 16.6 Å². The van der Waals surface area contributed by atoms with E-state index in [1.807, 2.05) is 36.4 Å². The minimum absolute atomic E-state index is 0.151. The number of nitrogen functional groups attached to an aromatic ring is 1. The van der Waals surface area contributed by atoms with Crippen molar-refractivity contribution in [2.24, 2.45) is 0 Å². The standard InChI is InChI=1S/C23H16N4O3/c24-15-9-5-13(6-10-15)20-19-21(17-3-1-2-4-18(17)25-20)26-27(22(19)28)16-11-7-14(8-12-16)23(29)30/h1-12,26H,24H2,(H,29,30). The number of pyridine rings is 1. The molecule has 4 N–H and O–H groups in total. The van der Waals surface area contributed by atoms with Crippen LogP contribution in [-0.2, 0) is 0 Å². The van der Waals surface area contributed by atoms with Gasteiger partial charge in [-0.2, -0.15) is 0 Å². The van der Waals surface area contributed by atoms with Crippen molar-refractivity contribution in [1.82, 2.24) is 14.8 Å². The smallest absolute Gasteiger partial charge is 0.335 e. The Balaban J connectivity index is 1.83. The molecule has 0 saturated heterocycles. The van der Waals surface area contributed by atoms with Crippen LogP contribution >= 0.6 is 0 Å². The van der Waals surface area contributed by atoms with Gasteiger partial charge in [0.2, 0.25) is 0 Å². The van der Waals surface area contributed by atoms with Gasteiger partial charge in [0.25, 0.3) is 5.56 Å². The molecule has 0 aliphatic heterocycles. The number of hydrogen-bond donors (Lipinski definition) is 3. The Kier molecular flexibility index (Phi) is 3.89. The van der Waals surface area contributed by atoms with Gasteiger partial charge in [-0.15, -0.1) is 0 Å². The maximum absolute atomic E-state index is 13.4. The molecule has 2 aromatic heterocycles. The van der Waals surface area contributed by atoms with Crippen LogP contribution in [0.2, 0.25) is 0 Å². The largest absolute Gasteiger partial charge is 0.478 e. The van der Waals surface area contributed by atoms with E-state index in [0.717, 1.165) is 16.5 Å². The fourth-order valence-corrected chi connectivity index (χ4v) is 3.60. The lowest BCUT2D eigenvalue weighted by Gasteiger charge is -2.06. The molecule has 0 fully saturated rings. The summed E-state index contributed by atoms with van der Waals surface area (Å²) in [6.07, 6.45) is 0. The van der Waals surface area contributed by atoms with Crippen molar-refractivity contribution >= 4 is 33.5 Å². The number of fused-ring (bicyclic) bond motifs is 3. The molecule has 0 radical (unpaired) electrons. The molecule has 5 rings (SSSR count). The van der Waals surface area contributed by atoms with Gasteiger partial charge in [0.15, 0.2) is 0 Å². The number of carbonyl (C=O) groups is 1. The Morgan fingerprint density at radius 1 is 0.967 bits per heavy atom. The van der Waals surface area contributed by atoms with Crippen molar-refractivity contribution in [2.75, 3.05) is 5.73 Å². The van der Waals surface area contributed by atoms with Crippen LogP contribution in [-0.4, -0.2) is 25.8 Å². The van der Waals surface area contributed by atoms with Crippen molar-refractivity contribution in [3.63, 3.8) is 0 Å². The number of nitrogens with one attached hydrogen (secondary N) is 1. The summed E-state index contributed by atoms with van der Waals surface area (Å²) in [6, 6.07) is 20.9. The number of carboxylic acid groups (broad SMARTS) is 1. The number of nitrogens with zero attached hydrogens (tertiary/aromatic N) is 2. The maximum atomic E-state index is 13.4. The van der Waals surface area contributed by atoms with Gasteiger partial charge in [-0.05, 0) is 42.5 Å². The third-order valence-electron chi connectivity index (χ3n) is 5.09. The molecular formula is C23H16N4O3. The second-order valence-corrected chi connectivity index (χ2v) is 6.95. The van der Waals surface area contributed by atoms with Gasteiger partial charge >= 0.3 is 5.97 Å². The molecule has 2 heterocycles. The number of aromatic amines is 1. The van der Waals surface area contributed by atoms with E-state index in [2.05, 4.69) is 5.10 Å². The monoisotopic (exact) mass is 396 g/mol. The predicted molar refractivity (Wildman–Crippen MR) is 116 cm³/mol. The summed E-state index contributed by atoms with van der Waals surface area (Å²) < 4.78 is 1.41. The first kappa shape index (κ1) is 17.7. The van der Waals surface area contributed by atoms with E-state index in [4.69, 9.17) is 15.8 Å². The molecule has 0 atom stereocenters. The Hall–Kier alpha value is -4.39. The summed E-state index contributed by atoms with van der Waals surface area (Å²) in [4.78, 5) is 29.3. The van der Waals surface area contributed by atoms with E-state index in [-0.39, 0.29) is 11.1 Å². The third-order valence-corrected chi connectivity index (χ3v) is 5.09. The van der Waals surface area contributed by atoms with Crippen LogP contribution in [0.25, 0.3) is 38.8 Å². The van der Waals surface area contributed by atoms with Gasteiger partial charge in [-0.25, -0.2) is 14.5 Å². The number of aromatic nitrogens is 3. The maximum Gasteiger partial charge on any atom is 0.335 e. The molecule has 0 amide bonds. The molecule has 0 bridgehead atoms. The van der Waals surface area contributed by atoms with Crippen LogP contribution in [0.15, 0.2) is 77.6 Å². The van der Waals surface area contributed by atoms with Crippen LogP contribution in [0.4, 0.5) is 5.69 Å². The fourth-order valence-electron chi connectivity index (χ4n) is 3.60. The van der Waals surface area contributed by atoms with E-state index in [1.54, 1.807) is 24.3 Å². The predicted octanol–water partition coefficient (Wildman–Crippen LogP) is 3.81. The zero-order valence-corrected chi connectivity index (χ0v) is 15.7. The molecule has 3 aromatic carbocycles. The molecular weight excluding hydrogens is 380 g/mol. The SMILES string of the molecule is Nc1ccc(-c2nc3ccccc3c3[nH]n(-c4ccc(C(=O)O)cc4)c(=O)c23)cc1. The van der Waals surface area contributed by atoms with Gasteiger partial charge < -0.3 is 10.8 Å². The van der Waals surface area contributed by atoms with Crippen molar-refractivity contribution in [3.05, 3.63) is 88.7 Å². The molecule has 7 nitrogen and oxygen atoms in total. The Morgan fingerprint density at radius 2 is 1.67 bits per heavy atom. The van der Waals surface area contributed by atoms with Crippen molar-refractivity contribution in [2.45, 2.75) is 0 Å². The number of para-hydroxylation sites is 1. The average molecular weight is 396 g/mol. The van der Waals surface area contributed by atoms with Crippen molar-refractivity contribution < 1.29 is 9.90 Å². The molecule has 7 heteroatoms. The van der Waals surface area contributed by atoms with Crippen LogP contribution in [0.5, 0.6) is 0 Å². The molecule has 0 saturated carbocycles. The number of H-pyrrole nitrogens is 1. The van der Waals surface area contributed by atoms with Gasteiger partial charge in [-0.1, -0.05) is 30.3 Å². The van der Waals surface area contributed by atoms with Crippen LogP contribution in [0.3, 0.4) is 0 Å². The third kappa shape index (κ3) is 2.72. The second-order valence-electron chi connectivity index (χ2n) is 6.95. The zero-order chi connectivity index (χ0) is 20.8. The molecule has 146 valence electrons. The summed E-state index contributed by atoms with van der Waals surface area (Å²) in [5, 5.41) is 13.6. The average Bonchev–Trinajstić information content (AvgIpc) is 3.11. The molecule has 0 aliphatic carbocycles.